The van der Waals surface area contributed by atoms with Crippen LogP contribution in [0.25, 0.3) is 0 Å². The molecule has 1 aliphatic rings. The van der Waals surface area contributed by atoms with Crippen LogP contribution in [0, 0.1) is 11.3 Å². The molecule has 0 radical (unpaired) electrons. The summed E-state index contributed by atoms with van der Waals surface area (Å²) < 4.78 is 22.0. The lowest BCUT2D eigenvalue weighted by molar-refractivity contribution is -0.219. The molecule has 1 heterocycles. The SMILES string of the molecule is C=CCCC(=O)NC(COCCC(C)(C)OC1CCCCO1)C(=O)OCC#N. The summed E-state index contributed by atoms with van der Waals surface area (Å²) in [6.07, 6.45) is 5.78. The Labute approximate surface area is 167 Å². The van der Waals surface area contributed by atoms with Crippen LogP contribution in [-0.4, -0.2) is 56.2 Å². The number of nitriles is 1. The van der Waals surface area contributed by atoms with Crippen molar-refractivity contribution < 1.29 is 28.5 Å². The van der Waals surface area contributed by atoms with Crippen LogP contribution in [0.15, 0.2) is 12.7 Å². The van der Waals surface area contributed by atoms with Gasteiger partial charge in [0.2, 0.25) is 5.91 Å². The molecule has 8 heteroatoms. The minimum absolute atomic E-state index is 0.0416. The van der Waals surface area contributed by atoms with E-state index in [0.717, 1.165) is 25.9 Å². The van der Waals surface area contributed by atoms with Gasteiger partial charge in [0.05, 0.1) is 12.2 Å². The van der Waals surface area contributed by atoms with Crippen molar-refractivity contribution in [1.82, 2.24) is 5.32 Å². The summed E-state index contributed by atoms with van der Waals surface area (Å²) in [6, 6.07) is 0.767. The molecule has 28 heavy (non-hydrogen) atoms. The molecule has 158 valence electrons. The van der Waals surface area contributed by atoms with Gasteiger partial charge in [-0.25, -0.2) is 4.79 Å². The molecule has 1 rings (SSSR count). The number of carbonyl (C=O) groups is 2. The molecule has 1 aliphatic heterocycles. The molecular formula is C20H32N2O6. The normalized spacial score (nSPS) is 18.0. The Kier molecular flexibility index (Phi) is 11.4. The molecule has 0 bridgehead atoms. The first-order chi connectivity index (χ1) is 13.4. The minimum atomic E-state index is -0.962. The second-order valence-corrected chi connectivity index (χ2v) is 7.21. The van der Waals surface area contributed by atoms with Gasteiger partial charge < -0.3 is 24.3 Å². The molecule has 0 spiro atoms. The number of hydrogen-bond acceptors (Lipinski definition) is 7. The van der Waals surface area contributed by atoms with E-state index in [4.69, 9.17) is 24.2 Å². The second kappa shape index (κ2) is 13.3. The van der Waals surface area contributed by atoms with Crippen LogP contribution in [-0.2, 0) is 28.5 Å². The highest BCUT2D eigenvalue weighted by Crippen LogP contribution is 2.23. The molecule has 2 unspecified atom stereocenters. The van der Waals surface area contributed by atoms with E-state index in [1.54, 1.807) is 12.1 Å². The van der Waals surface area contributed by atoms with Crippen LogP contribution in [0.2, 0.25) is 0 Å². The molecule has 0 aromatic carbocycles. The van der Waals surface area contributed by atoms with Gasteiger partial charge in [-0.05, 0) is 46.0 Å². The van der Waals surface area contributed by atoms with Crippen molar-refractivity contribution in [2.24, 2.45) is 0 Å². The highest BCUT2D eigenvalue weighted by atomic mass is 16.7. The lowest BCUT2D eigenvalue weighted by Gasteiger charge is -2.32. The first-order valence-corrected chi connectivity index (χ1v) is 9.69. The molecule has 2 atom stereocenters. The molecule has 8 nitrogen and oxygen atoms in total. The molecular weight excluding hydrogens is 364 g/mol. The van der Waals surface area contributed by atoms with Gasteiger partial charge in [-0.1, -0.05) is 6.08 Å². The number of esters is 1. The van der Waals surface area contributed by atoms with Crippen molar-refractivity contribution in [3.8, 4) is 6.07 Å². The average Bonchev–Trinajstić information content (AvgIpc) is 2.67. The second-order valence-electron chi connectivity index (χ2n) is 7.21. The van der Waals surface area contributed by atoms with E-state index in [2.05, 4.69) is 11.9 Å². The summed E-state index contributed by atoms with van der Waals surface area (Å²) in [4.78, 5) is 23.9. The van der Waals surface area contributed by atoms with Crippen LogP contribution in [0.3, 0.4) is 0 Å². The predicted molar refractivity (Wildman–Crippen MR) is 102 cm³/mol. The van der Waals surface area contributed by atoms with Crippen LogP contribution in [0.4, 0.5) is 0 Å². The number of allylic oxidation sites excluding steroid dienone is 1. The monoisotopic (exact) mass is 396 g/mol. The van der Waals surface area contributed by atoms with E-state index in [-0.39, 0.29) is 31.8 Å². The molecule has 1 N–H and O–H groups in total. The maximum Gasteiger partial charge on any atom is 0.332 e. The highest BCUT2D eigenvalue weighted by Gasteiger charge is 2.27. The first-order valence-electron chi connectivity index (χ1n) is 9.69. The Balaban J connectivity index is 2.42. The van der Waals surface area contributed by atoms with Crippen molar-refractivity contribution in [1.29, 1.82) is 5.26 Å². The van der Waals surface area contributed by atoms with E-state index < -0.39 is 17.6 Å². The highest BCUT2D eigenvalue weighted by molar-refractivity contribution is 5.84. The average molecular weight is 396 g/mol. The van der Waals surface area contributed by atoms with Gasteiger partial charge in [-0.2, -0.15) is 5.26 Å². The molecule has 1 amide bonds. The van der Waals surface area contributed by atoms with E-state index in [9.17, 15) is 9.59 Å². The van der Waals surface area contributed by atoms with Gasteiger partial charge in [0.15, 0.2) is 18.9 Å². The summed E-state index contributed by atoms with van der Waals surface area (Å²) in [5.74, 6) is -1.000. The van der Waals surface area contributed by atoms with Crippen molar-refractivity contribution in [2.75, 3.05) is 26.4 Å². The quantitative estimate of drug-likeness (QED) is 0.289. The maximum atomic E-state index is 12.0. The Morgan fingerprint density at radius 3 is 2.86 bits per heavy atom. The molecule has 0 aromatic rings. The smallest absolute Gasteiger partial charge is 0.332 e. The minimum Gasteiger partial charge on any atom is -0.449 e. The van der Waals surface area contributed by atoms with Crippen molar-refractivity contribution >= 4 is 11.9 Å². The summed E-state index contributed by atoms with van der Waals surface area (Å²) in [7, 11) is 0. The number of carbonyl (C=O) groups excluding carboxylic acids is 2. The number of hydrogen-bond donors (Lipinski definition) is 1. The van der Waals surface area contributed by atoms with Crippen molar-refractivity contribution in [3.63, 3.8) is 0 Å². The third kappa shape index (κ3) is 10.4. The lowest BCUT2D eigenvalue weighted by Crippen LogP contribution is -2.45. The number of nitrogens with one attached hydrogen (secondary N) is 1. The molecule has 0 aromatic heterocycles. The Hall–Kier alpha value is -1.95. The standard InChI is InChI=1S/C20H32N2O6/c1-4-5-8-17(23)22-16(19(24)27-14-11-21)15-25-13-10-20(2,3)28-18-9-6-7-12-26-18/h4,16,18H,1,5-10,12-15H2,2-3H3,(H,22,23). The van der Waals surface area contributed by atoms with E-state index in [1.807, 2.05) is 13.8 Å². The maximum absolute atomic E-state index is 12.0. The summed E-state index contributed by atoms with van der Waals surface area (Å²) in [5, 5.41) is 11.1. The van der Waals surface area contributed by atoms with Gasteiger partial charge >= 0.3 is 5.97 Å². The van der Waals surface area contributed by atoms with Gasteiger partial charge in [0, 0.05) is 19.6 Å². The van der Waals surface area contributed by atoms with Crippen LogP contribution < -0.4 is 5.32 Å². The largest absolute Gasteiger partial charge is 0.449 e. The Bertz CT molecular complexity index is 537. The summed E-state index contributed by atoms with van der Waals surface area (Å²) in [5.41, 5.74) is -0.438. The number of rotatable bonds is 13. The van der Waals surface area contributed by atoms with Gasteiger partial charge in [0.25, 0.3) is 0 Å². The molecule has 0 aliphatic carbocycles. The summed E-state index contributed by atoms with van der Waals surface area (Å²) >= 11 is 0. The number of nitrogens with zero attached hydrogens (tertiary/aromatic N) is 1. The zero-order valence-electron chi connectivity index (χ0n) is 16.9. The Morgan fingerprint density at radius 1 is 1.43 bits per heavy atom. The fraction of sp³-hybridized carbons (Fsp3) is 0.750. The van der Waals surface area contributed by atoms with Crippen molar-refractivity contribution in [3.05, 3.63) is 12.7 Å². The van der Waals surface area contributed by atoms with Crippen LogP contribution >= 0.6 is 0 Å². The van der Waals surface area contributed by atoms with E-state index in [0.29, 0.717) is 19.4 Å². The molecule has 1 fully saturated rings. The van der Waals surface area contributed by atoms with Crippen molar-refractivity contribution in [2.45, 2.75) is 70.3 Å². The zero-order valence-corrected chi connectivity index (χ0v) is 16.9. The number of amides is 1. The fourth-order valence-electron chi connectivity index (χ4n) is 2.61. The van der Waals surface area contributed by atoms with E-state index in [1.165, 1.54) is 0 Å². The molecule has 1 saturated heterocycles. The first kappa shape index (κ1) is 24.1. The van der Waals surface area contributed by atoms with Crippen LogP contribution in [0.5, 0.6) is 0 Å². The topological polar surface area (TPSA) is 107 Å². The Morgan fingerprint density at radius 2 is 2.21 bits per heavy atom. The predicted octanol–water partition coefficient (Wildman–Crippen LogP) is 2.23. The lowest BCUT2D eigenvalue weighted by atomic mass is 10.1. The zero-order chi connectivity index (χ0) is 20.8. The van der Waals surface area contributed by atoms with Gasteiger partial charge in [0.1, 0.15) is 6.07 Å². The number of ether oxygens (including phenoxy) is 4. The third-order valence-electron chi connectivity index (χ3n) is 4.20. The van der Waals surface area contributed by atoms with Gasteiger partial charge in [-0.15, -0.1) is 6.58 Å². The van der Waals surface area contributed by atoms with Crippen LogP contribution in [0.1, 0.15) is 52.4 Å². The third-order valence-corrected chi connectivity index (χ3v) is 4.20. The molecule has 0 saturated carbocycles. The summed E-state index contributed by atoms with van der Waals surface area (Å²) in [6.45, 7) is 8.12. The van der Waals surface area contributed by atoms with E-state index >= 15 is 0 Å². The van der Waals surface area contributed by atoms with Gasteiger partial charge in [-0.3, -0.25) is 4.79 Å². The fourth-order valence-corrected chi connectivity index (χ4v) is 2.61.